The van der Waals surface area contributed by atoms with Crippen molar-refractivity contribution in [3.63, 3.8) is 0 Å². The molecule has 1 saturated heterocycles. The molecule has 1 fully saturated rings. The van der Waals surface area contributed by atoms with Gasteiger partial charge in [0.2, 0.25) is 0 Å². The van der Waals surface area contributed by atoms with E-state index in [0.717, 1.165) is 0 Å². The highest BCUT2D eigenvalue weighted by atomic mass is 16.6. The highest BCUT2D eigenvalue weighted by Gasteiger charge is 2.79. The Morgan fingerprint density at radius 1 is 0.562 bits per heavy atom. The number of ether oxygens (including phenoxy) is 1. The lowest BCUT2D eigenvalue weighted by Gasteiger charge is -2.56. The molecule has 84 valence electrons. The van der Waals surface area contributed by atoms with Gasteiger partial charge in [-0.15, -0.1) is 0 Å². The molecule has 0 aromatic heterocycles. The van der Waals surface area contributed by atoms with Gasteiger partial charge in [0, 0.05) is 0 Å². The molecule has 0 atom stereocenters. The fourth-order valence-electron chi connectivity index (χ4n) is 1.64. The van der Waals surface area contributed by atoms with E-state index in [1.807, 2.05) is 0 Å². The largest absolute Gasteiger partial charge is 0.314 e. The van der Waals surface area contributed by atoms with Gasteiger partial charge in [-0.3, -0.25) is 14.7 Å². The van der Waals surface area contributed by atoms with Crippen LogP contribution < -0.4 is 0 Å². The summed E-state index contributed by atoms with van der Waals surface area (Å²) >= 11 is 0. The fourth-order valence-corrected chi connectivity index (χ4v) is 1.64. The molecule has 1 aliphatic rings. The van der Waals surface area contributed by atoms with Gasteiger partial charge < -0.3 is 0 Å². The van der Waals surface area contributed by atoms with Crippen LogP contribution in [0.1, 0.15) is 0 Å². The van der Waals surface area contributed by atoms with Crippen molar-refractivity contribution in [2.75, 3.05) is 0 Å². The summed E-state index contributed by atoms with van der Waals surface area (Å²) in [6.45, 7) is 20.2. The predicted molar refractivity (Wildman–Crippen MR) is 66.6 cm³/mol. The van der Waals surface area contributed by atoms with Crippen LogP contribution in [0.2, 0.25) is 0 Å². The van der Waals surface area contributed by atoms with E-state index in [1.54, 1.807) is 0 Å². The summed E-state index contributed by atoms with van der Waals surface area (Å²) in [6, 6.07) is 0. The number of rotatable bonds is 6. The van der Waals surface area contributed by atoms with Crippen molar-refractivity contribution in [2.45, 2.75) is 17.4 Å². The van der Waals surface area contributed by atoms with Crippen LogP contribution in [-0.2, 0) is 4.74 Å². The van der Waals surface area contributed by atoms with Crippen LogP contribution in [-0.4, -0.2) is 57.7 Å². The third kappa shape index (κ3) is 0.904. The molecule has 1 aliphatic heterocycles. The summed E-state index contributed by atoms with van der Waals surface area (Å²) in [5.41, 5.74) is -1.48. The molecule has 0 unspecified atom stereocenters. The van der Waals surface area contributed by atoms with Gasteiger partial charge in [-0.1, -0.05) is 0 Å². The molecule has 1 heterocycles. The third-order valence-corrected chi connectivity index (χ3v) is 2.51. The van der Waals surface area contributed by atoms with E-state index in [2.05, 4.69) is 70.3 Å². The molecule has 0 radical (unpaired) electrons. The maximum atomic E-state index is 5.32. The number of aliphatic imine (C=N–C) groups is 6. The number of hydrogen-bond donors (Lipinski definition) is 0. The zero-order valence-corrected chi connectivity index (χ0v) is 8.83. The summed E-state index contributed by atoms with van der Waals surface area (Å²) in [6.07, 6.45) is 0. The van der Waals surface area contributed by atoms with Crippen LogP contribution in [0.4, 0.5) is 0 Å². The molecule has 16 heavy (non-hydrogen) atoms. The summed E-state index contributed by atoms with van der Waals surface area (Å²) in [7, 11) is 0. The minimum absolute atomic E-state index is 1.48. The van der Waals surface area contributed by atoms with E-state index in [-0.39, 0.29) is 0 Å². The topological polar surface area (TPSA) is 83.4 Å². The molecular weight excluding hydrogens is 208 g/mol. The van der Waals surface area contributed by atoms with Crippen LogP contribution in [0.15, 0.2) is 30.0 Å². The van der Waals surface area contributed by atoms with Gasteiger partial charge in [-0.2, -0.15) is 0 Å². The summed E-state index contributed by atoms with van der Waals surface area (Å²) in [4.78, 5) is 22.3. The normalized spacial score (nSPS) is 23.2. The highest BCUT2D eigenvalue weighted by Crippen LogP contribution is 2.56. The second kappa shape index (κ2) is 3.53. The fraction of sp³-hybridized carbons (Fsp3) is 0.333. The molecule has 0 N–H and O–H groups in total. The Labute approximate surface area is 93.1 Å². The monoisotopic (exact) mass is 220 g/mol. The Hall–Kier alpha value is -2.02. The molecule has 0 amide bonds. The van der Waals surface area contributed by atoms with Gasteiger partial charge in [0.15, 0.2) is 0 Å². The van der Waals surface area contributed by atoms with Crippen molar-refractivity contribution in [1.82, 2.24) is 0 Å². The zero-order valence-electron chi connectivity index (χ0n) is 8.83. The van der Waals surface area contributed by atoms with Crippen molar-refractivity contribution in [1.29, 1.82) is 0 Å². The third-order valence-electron chi connectivity index (χ3n) is 2.51. The van der Waals surface area contributed by atoms with Gasteiger partial charge in [0.25, 0.3) is 5.66 Å². The van der Waals surface area contributed by atoms with Crippen LogP contribution in [0.3, 0.4) is 0 Å². The minimum Gasteiger partial charge on any atom is -0.279 e. The maximum absolute atomic E-state index is 5.32. The molecule has 1 rings (SSSR count). The second-order valence-corrected chi connectivity index (χ2v) is 2.94. The first-order chi connectivity index (χ1) is 7.57. The number of hydrogen-bond acceptors (Lipinski definition) is 7. The Morgan fingerprint density at radius 2 is 0.875 bits per heavy atom. The maximum Gasteiger partial charge on any atom is 0.314 e. The molecule has 0 saturated carbocycles. The van der Waals surface area contributed by atoms with Crippen molar-refractivity contribution >= 4 is 40.3 Å². The van der Waals surface area contributed by atoms with Crippen LogP contribution in [0.25, 0.3) is 0 Å². The molecular formula is C9H12N6O. The average Bonchev–Trinajstić information content (AvgIpc) is 2.32. The van der Waals surface area contributed by atoms with Gasteiger partial charge in [0.05, 0.1) is 0 Å². The first-order valence-electron chi connectivity index (χ1n) is 4.15. The Morgan fingerprint density at radius 3 is 1.06 bits per heavy atom. The first kappa shape index (κ1) is 12.1. The first-order valence-corrected chi connectivity index (χ1v) is 4.15. The van der Waals surface area contributed by atoms with Crippen molar-refractivity contribution in [3.8, 4) is 0 Å². The van der Waals surface area contributed by atoms with E-state index in [1.165, 1.54) is 0 Å². The summed E-state index contributed by atoms with van der Waals surface area (Å²) < 4.78 is 5.32. The highest BCUT2D eigenvalue weighted by molar-refractivity contribution is 5.46. The summed E-state index contributed by atoms with van der Waals surface area (Å²) in [5, 5.41) is 0. The van der Waals surface area contributed by atoms with Gasteiger partial charge in [-0.05, 0) is 40.3 Å². The van der Waals surface area contributed by atoms with Gasteiger partial charge in [0.1, 0.15) is 0 Å². The molecule has 7 heteroatoms. The molecule has 0 aliphatic carbocycles. The Kier molecular flexibility index (Phi) is 2.66. The lowest BCUT2D eigenvalue weighted by Crippen LogP contribution is -2.76. The van der Waals surface area contributed by atoms with Crippen molar-refractivity contribution < 1.29 is 4.74 Å². The molecule has 0 spiro atoms. The van der Waals surface area contributed by atoms with E-state index in [0.29, 0.717) is 0 Å². The SMILES string of the molecule is C=NC1(N=C)OC(N=C)(N=C)C1(N=C)N=C. The average molecular weight is 220 g/mol. The van der Waals surface area contributed by atoms with Gasteiger partial charge in [-0.25, -0.2) is 20.0 Å². The molecule has 0 aromatic rings. The Bertz CT molecular complexity index is 335. The van der Waals surface area contributed by atoms with Gasteiger partial charge >= 0.3 is 11.7 Å². The van der Waals surface area contributed by atoms with E-state index >= 15 is 0 Å². The van der Waals surface area contributed by atoms with Crippen LogP contribution in [0.5, 0.6) is 0 Å². The lowest BCUT2D eigenvalue weighted by molar-refractivity contribution is -0.317. The molecule has 0 bridgehead atoms. The van der Waals surface area contributed by atoms with Crippen LogP contribution in [0, 0.1) is 0 Å². The minimum atomic E-state index is -1.54. The summed E-state index contributed by atoms with van der Waals surface area (Å²) in [5.74, 6) is -3.09. The second-order valence-electron chi connectivity index (χ2n) is 2.94. The molecule has 0 aromatic carbocycles. The standard InChI is InChI=1S/C9H12N6O/c1-10-7(11-2)8(12-3,13-4)16-9(7,14-5)15-6/h1-6H2. The zero-order chi connectivity index (χ0) is 12.4. The quantitative estimate of drug-likeness (QED) is 0.589. The van der Waals surface area contributed by atoms with Crippen molar-refractivity contribution in [2.24, 2.45) is 30.0 Å². The van der Waals surface area contributed by atoms with E-state index in [4.69, 9.17) is 4.74 Å². The number of nitrogens with zero attached hydrogens (tertiary/aromatic N) is 6. The van der Waals surface area contributed by atoms with Crippen molar-refractivity contribution in [3.05, 3.63) is 0 Å². The lowest BCUT2D eigenvalue weighted by atomic mass is 9.91. The van der Waals surface area contributed by atoms with Crippen LogP contribution >= 0.6 is 0 Å². The van der Waals surface area contributed by atoms with E-state index < -0.39 is 17.4 Å². The molecule has 7 nitrogen and oxygen atoms in total. The predicted octanol–water partition coefficient (Wildman–Crippen LogP) is 0.224. The van der Waals surface area contributed by atoms with E-state index in [9.17, 15) is 0 Å². The Balaban J connectivity index is 3.48. The smallest absolute Gasteiger partial charge is 0.279 e.